The summed E-state index contributed by atoms with van der Waals surface area (Å²) in [4.78, 5) is 34.0. The number of carboxylic acids is 2. The van der Waals surface area contributed by atoms with Crippen LogP contribution in [0.3, 0.4) is 0 Å². The molecule has 9 heteroatoms. The Bertz CT molecular complexity index is 460. The van der Waals surface area contributed by atoms with Gasteiger partial charge in [-0.25, -0.2) is 9.18 Å². The highest BCUT2D eigenvalue weighted by Gasteiger charge is 2.76. The lowest BCUT2D eigenvalue weighted by molar-refractivity contribution is -0.150. The fourth-order valence-electron chi connectivity index (χ4n) is 3.07. The molecule has 2 aliphatic rings. The highest BCUT2D eigenvalue weighted by Crippen LogP contribution is 2.63. The van der Waals surface area contributed by atoms with Crippen molar-refractivity contribution >= 4 is 30.3 Å². The summed E-state index contributed by atoms with van der Waals surface area (Å²) in [5.41, 5.74) is 3.48. The Kier molecular flexibility index (Phi) is 4.31. The van der Waals surface area contributed by atoms with E-state index in [1.54, 1.807) is 0 Å². The van der Waals surface area contributed by atoms with Crippen LogP contribution in [0.5, 0.6) is 0 Å². The summed E-state index contributed by atoms with van der Waals surface area (Å²) < 4.78 is 13.8. The van der Waals surface area contributed by atoms with Crippen LogP contribution in [0.4, 0.5) is 4.39 Å². The molecule has 1 unspecified atom stereocenters. The predicted octanol–water partition coefficient (Wildman–Crippen LogP) is -0.616. The minimum absolute atomic E-state index is 0. The summed E-state index contributed by atoms with van der Waals surface area (Å²) in [6.07, 6.45) is -1.96. The predicted molar refractivity (Wildman–Crippen MR) is 67.0 cm³/mol. The molecule has 0 radical (unpaired) electrons. The number of carbonyl (C=O) groups excluding carboxylic acids is 1. The first-order valence-corrected chi connectivity index (χ1v) is 5.90. The highest BCUT2D eigenvalue weighted by atomic mass is 35.5. The fourth-order valence-corrected chi connectivity index (χ4v) is 3.07. The maximum atomic E-state index is 13.8. The van der Waals surface area contributed by atoms with E-state index in [4.69, 9.17) is 10.8 Å². The Balaban J connectivity index is 0.00000200. The number of carbonyl (C=O) groups is 3. The van der Waals surface area contributed by atoms with Gasteiger partial charge in [0, 0.05) is 18.3 Å². The van der Waals surface area contributed by atoms with Gasteiger partial charge in [0.15, 0.2) is 0 Å². The number of fused-ring (bicyclic) bond motifs is 1. The van der Waals surface area contributed by atoms with Crippen LogP contribution in [0.1, 0.15) is 13.3 Å². The zero-order chi connectivity index (χ0) is 14.5. The summed E-state index contributed by atoms with van der Waals surface area (Å²) in [6, 6.07) is -0.949. The van der Waals surface area contributed by atoms with Crippen LogP contribution in [0.25, 0.3) is 0 Å². The van der Waals surface area contributed by atoms with E-state index in [-0.39, 0.29) is 12.4 Å². The molecule has 0 spiro atoms. The van der Waals surface area contributed by atoms with Crippen LogP contribution < -0.4 is 11.1 Å². The van der Waals surface area contributed by atoms with Crippen LogP contribution in [-0.4, -0.2) is 45.8 Å². The smallest absolute Gasteiger partial charge is 0.329 e. The standard InChI is InChI=1S/C11H15FN2O5.ClH/c1-3(13)8(15)14-11(10(18)19)2-4(12)5-6(7(5)11)9(16)17;/h3-7H,2,13H2,1H3,(H,14,15)(H,16,17)(H,18,19);1H/t3-,4+,5?,6-,7-,11-;/m0./s1. The van der Waals surface area contributed by atoms with Crippen LogP contribution >= 0.6 is 12.4 Å². The number of amides is 1. The molecule has 2 saturated carbocycles. The summed E-state index contributed by atoms with van der Waals surface area (Å²) >= 11 is 0. The molecule has 1 amide bonds. The van der Waals surface area contributed by atoms with Gasteiger partial charge in [0.25, 0.3) is 0 Å². The van der Waals surface area contributed by atoms with E-state index in [2.05, 4.69) is 5.32 Å². The van der Waals surface area contributed by atoms with Gasteiger partial charge < -0.3 is 21.3 Å². The molecule has 0 aromatic carbocycles. The molecule has 0 saturated heterocycles. The van der Waals surface area contributed by atoms with E-state index in [1.807, 2.05) is 0 Å². The third-order valence-electron chi connectivity index (χ3n) is 4.01. The van der Waals surface area contributed by atoms with Gasteiger partial charge in [0.1, 0.15) is 11.7 Å². The van der Waals surface area contributed by atoms with Crippen molar-refractivity contribution in [2.75, 3.05) is 0 Å². The minimum Gasteiger partial charge on any atom is -0.481 e. The fraction of sp³-hybridized carbons (Fsp3) is 0.727. The normalized spacial score (nSPS) is 39.1. The van der Waals surface area contributed by atoms with E-state index < -0.39 is 59.8 Å². The Morgan fingerprint density at radius 2 is 1.95 bits per heavy atom. The maximum absolute atomic E-state index is 13.8. The third-order valence-corrected chi connectivity index (χ3v) is 4.01. The number of nitrogens with one attached hydrogen (secondary N) is 1. The Morgan fingerprint density at radius 1 is 1.40 bits per heavy atom. The van der Waals surface area contributed by atoms with Crippen molar-refractivity contribution in [1.82, 2.24) is 5.32 Å². The van der Waals surface area contributed by atoms with Gasteiger partial charge in [-0.05, 0) is 6.92 Å². The molecule has 0 bridgehead atoms. The van der Waals surface area contributed by atoms with Crippen LogP contribution in [0, 0.1) is 17.8 Å². The number of hydrogen-bond acceptors (Lipinski definition) is 4. The van der Waals surface area contributed by atoms with Gasteiger partial charge in [0.2, 0.25) is 5.91 Å². The number of rotatable bonds is 4. The molecule has 7 nitrogen and oxygen atoms in total. The summed E-state index contributed by atoms with van der Waals surface area (Å²) in [5.74, 6) is -6.21. The number of aliphatic carboxylic acids is 2. The zero-order valence-corrected chi connectivity index (χ0v) is 11.4. The van der Waals surface area contributed by atoms with Gasteiger partial charge in [-0.15, -0.1) is 12.4 Å². The topological polar surface area (TPSA) is 130 Å². The molecule has 2 fully saturated rings. The molecule has 0 aromatic rings. The first-order chi connectivity index (χ1) is 8.72. The minimum atomic E-state index is -1.86. The lowest BCUT2D eigenvalue weighted by Gasteiger charge is -2.29. The SMILES string of the molecule is C[C@H](N)C(=O)N[C@@]1(C(=O)O)C[C@@H](F)C2[C@H](C(=O)O)[C@H]21.Cl. The average molecular weight is 311 g/mol. The van der Waals surface area contributed by atoms with Crippen molar-refractivity contribution in [3.63, 3.8) is 0 Å². The van der Waals surface area contributed by atoms with Crippen molar-refractivity contribution < 1.29 is 29.0 Å². The van der Waals surface area contributed by atoms with Gasteiger partial charge in [-0.3, -0.25) is 9.59 Å². The van der Waals surface area contributed by atoms with Gasteiger partial charge in [-0.1, -0.05) is 0 Å². The number of carboxylic acid groups (broad SMARTS) is 2. The van der Waals surface area contributed by atoms with Gasteiger partial charge in [-0.2, -0.15) is 0 Å². The second-order valence-corrected chi connectivity index (χ2v) is 5.24. The number of halogens is 2. The molecule has 20 heavy (non-hydrogen) atoms. The summed E-state index contributed by atoms with van der Waals surface area (Å²) in [7, 11) is 0. The number of hydrogen-bond donors (Lipinski definition) is 4. The van der Waals surface area contributed by atoms with E-state index >= 15 is 0 Å². The van der Waals surface area contributed by atoms with Crippen LogP contribution in [-0.2, 0) is 14.4 Å². The lowest BCUT2D eigenvalue weighted by atomic mass is 9.89. The van der Waals surface area contributed by atoms with E-state index in [0.717, 1.165) is 0 Å². The summed E-state index contributed by atoms with van der Waals surface area (Å²) in [6.45, 7) is 1.37. The Labute approximate surface area is 120 Å². The second-order valence-electron chi connectivity index (χ2n) is 5.24. The van der Waals surface area contributed by atoms with Gasteiger partial charge >= 0.3 is 11.9 Å². The van der Waals surface area contributed by atoms with Gasteiger partial charge in [0.05, 0.1) is 12.0 Å². The van der Waals surface area contributed by atoms with Crippen molar-refractivity contribution in [1.29, 1.82) is 0 Å². The van der Waals surface area contributed by atoms with Crippen LogP contribution in [0.2, 0.25) is 0 Å². The first kappa shape index (κ1) is 16.6. The first-order valence-electron chi connectivity index (χ1n) is 5.90. The molecule has 0 heterocycles. The molecule has 0 aliphatic heterocycles. The van der Waals surface area contributed by atoms with Crippen LogP contribution in [0.15, 0.2) is 0 Å². The largest absolute Gasteiger partial charge is 0.481 e. The highest BCUT2D eigenvalue weighted by molar-refractivity contribution is 5.92. The molecule has 114 valence electrons. The lowest BCUT2D eigenvalue weighted by Crippen LogP contribution is -2.59. The third kappa shape index (κ3) is 2.22. The van der Waals surface area contributed by atoms with Crippen molar-refractivity contribution in [3.8, 4) is 0 Å². The Hall–Kier alpha value is -1.41. The Morgan fingerprint density at radius 3 is 2.30 bits per heavy atom. The maximum Gasteiger partial charge on any atom is 0.329 e. The monoisotopic (exact) mass is 310 g/mol. The number of nitrogens with two attached hydrogens (primary N) is 1. The molecular formula is C11H16ClFN2O5. The molecule has 2 aliphatic carbocycles. The molecule has 2 rings (SSSR count). The van der Waals surface area contributed by atoms with E-state index in [1.165, 1.54) is 6.92 Å². The van der Waals surface area contributed by atoms with Crippen molar-refractivity contribution in [2.45, 2.75) is 31.1 Å². The van der Waals surface area contributed by atoms with Crippen molar-refractivity contribution in [3.05, 3.63) is 0 Å². The van der Waals surface area contributed by atoms with E-state index in [0.29, 0.717) is 0 Å². The zero-order valence-electron chi connectivity index (χ0n) is 10.6. The van der Waals surface area contributed by atoms with E-state index in [9.17, 15) is 23.9 Å². The number of alkyl halides is 1. The van der Waals surface area contributed by atoms with Crippen molar-refractivity contribution in [2.24, 2.45) is 23.5 Å². The quantitative estimate of drug-likeness (QED) is 0.548. The molecular weight excluding hydrogens is 295 g/mol. The molecule has 6 atom stereocenters. The average Bonchev–Trinajstić information content (AvgIpc) is 2.96. The molecule has 0 aromatic heterocycles. The summed E-state index contributed by atoms with van der Waals surface area (Å²) in [5, 5.41) is 20.5. The second kappa shape index (κ2) is 5.17. The molecule has 5 N–H and O–H groups in total.